The number of carbonyl (C=O) groups is 2. The molecule has 46 heavy (non-hydrogen) atoms. The van der Waals surface area contributed by atoms with E-state index in [0.717, 1.165) is 24.3 Å². The van der Waals surface area contributed by atoms with Gasteiger partial charge < -0.3 is 29.2 Å². The van der Waals surface area contributed by atoms with E-state index in [0.29, 0.717) is 11.5 Å². The topological polar surface area (TPSA) is 191 Å². The molecule has 0 radical (unpaired) electrons. The number of rotatable bonds is 10. The largest absolute Gasteiger partial charge is 1.00 e. The molecule has 0 saturated heterocycles. The molecule has 2 N–H and O–H groups in total. The van der Waals surface area contributed by atoms with Gasteiger partial charge in [-0.2, -0.15) is 0 Å². The molecule has 0 aliphatic rings. The summed E-state index contributed by atoms with van der Waals surface area (Å²) in [6.45, 7) is 0. The number of amides is 2. The van der Waals surface area contributed by atoms with E-state index >= 15 is 0 Å². The van der Waals surface area contributed by atoms with Crippen molar-refractivity contribution in [1.29, 1.82) is 0 Å². The van der Waals surface area contributed by atoms with Gasteiger partial charge >= 0.3 is 59.1 Å². The van der Waals surface area contributed by atoms with Crippen molar-refractivity contribution in [2.75, 3.05) is 24.9 Å². The first kappa shape index (κ1) is 39.2. The van der Waals surface area contributed by atoms with Crippen molar-refractivity contribution >= 4 is 55.6 Å². The van der Waals surface area contributed by atoms with Crippen LogP contribution < -0.4 is 79.2 Å². The third kappa shape index (κ3) is 10.2. The summed E-state index contributed by atoms with van der Waals surface area (Å²) in [6, 6.07) is 19.5. The van der Waals surface area contributed by atoms with Crippen molar-refractivity contribution in [3.63, 3.8) is 0 Å². The maximum absolute atomic E-state index is 12.6. The van der Waals surface area contributed by atoms with Gasteiger partial charge in [0, 0.05) is 22.5 Å². The monoisotopic (exact) mass is 682 g/mol. The van der Waals surface area contributed by atoms with Gasteiger partial charge in [-0.25, -0.2) is 16.8 Å². The molecular weight excluding hydrogens is 658 g/mol. The number of nitrogens with one attached hydrogen (secondary N) is 2. The Kier molecular flexibility index (Phi) is 14.2. The molecule has 4 rings (SSSR count). The Morgan fingerprint density at radius 1 is 0.609 bits per heavy atom. The zero-order chi connectivity index (χ0) is 32.1. The first-order chi connectivity index (χ1) is 20.8. The minimum absolute atomic E-state index is 0. The Hall–Kier alpha value is -3.02. The summed E-state index contributed by atoms with van der Waals surface area (Å²) in [5, 5.41) is 5.02. The number of benzene rings is 4. The summed E-state index contributed by atoms with van der Waals surface area (Å²) in [5.41, 5.74) is 0.170. The van der Waals surface area contributed by atoms with Crippen molar-refractivity contribution in [2.24, 2.45) is 0 Å². The summed E-state index contributed by atoms with van der Waals surface area (Å²) in [6.07, 6.45) is 2.27. The molecule has 0 unspecified atom stereocenters. The van der Waals surface area contributed by atoms with Crippen molar-refractivity contribution in [1.82, 2.24) is 0 Å². The van der Waals surface area contributed by atoms with Gasteiger partial charge in [0.15, 0.2) is 0 Å². The second-order valence-corrected chi connectivity index (χ2v) is 11.8. The van der Waals surface area contributed by atoms with Gasteiger partial charge in [0.2, 0.25) is 0 Å². The van der Waals surface area contributed by atoms with E-state index in [9.17, 15) is 35.5 Å². The Labute approximate surface area is 310 Å². The minimum atomic E-state index is -5.07. The van der Waals surface area contributed by atoms with Crippen LogP contribution in [-0.4, -0.2) is 52.0 Å². The summed E-state index contributed by atoms with van der Waals surface area (Å²) in [5.74, 6) is -0.337. The summed E-state index contributed by atoms with van der Waals surface area (Å²) >= 11 is 0. The Balaban J connectivity index is 0.00000368. The van der Waals surface area contributed by atoms with Gasteiger partial charge in [-0.3, -0.25) is 9.59 Å². The van der Waals surface area contributed by atoms with Gasteiger partial charge in [-0.05, 0) is 71.8 Å². The zero-order valence-corrected chi connectivity index (χ0v) is 30.8. The molecule has 16 heteroatoms. The molecular formula is C30H24N2Na2O10S2. The molecule has 0 aliphatic carbocycles. The van der Waals surface area contributed by atoms with Crippen LogP contribution in [0.2, 0.25) is 0 Å². The van der Waals surface area contributed by atoms with Crippen LogP contribution in [0.4, 0.5) is 11.4 Å². The standard InChI is InChI=1S/C30H26N2O10S2.2Na/c1-41-25-7-3-5-21(15-25)29(33)31-23-13-11-19(27(17-23)43(35,36)37)9-10-20-12-14-24(18-28(20)44(38,39)40)32-30(34)22-6-4-8-26(16-22)42-2;;/h3-18H,1-2H3,(H,31,33)(H,32,34)(H,35,36,37)(H,38,39,40);;/q;2*+1/p-2/b10-9+;;. The van der Waals surface area contributed by atoms with Gasteiger partial charge in [-0.15, -0.1) is 0 Å². The second-order valence-electron chi connectivity index (χ2n) is 9.12. The molecule has 4 aromatic carbocycles. The van der Waals surface area contributed by atoms with Crippen LogP contribution in [0.15, 0.2) is 94.7 Å². The van der Waals surface area contributed by atoms with Gasteiger partial charge in [0.25, 0.3) is 11.8 Å². The minimum Gasteiger partial charge on any atom is -0.744 e. The number of methoxy groups -OCH3 is 2. The summed E-state index contributed by atoms with van der Waals surface area (Å²) < 4.78 is 82.6. The number of carbonyl (C=O) groups excluding carboxylic acids is 2. The average molecular weight is 683 g/mol. The molecule has 0 fully saturated rings. The zero-order valence-electron chi connectivity index (χ0n) is 25.1. The predicted molar refractivity (Wildman–Crippen MR) is 160 cm³/mol. The molecule has 0 aromatic heterocycles. The van der Waals surface area contributed by atoms with E-state index in [4.69, 9.17) is 9.47 Å². The van der Waals surface area contributed by atoms with Crippen molar-refractivity contribution in [3.05, 3.63) is 107 Å². The molecule has 228 valence electrons. The first-order valence-electron chi connectivity index (χ1n) is 12.6. The smallest absolute Gasteiger partial charge is 0.744 e. The van der Waals surface area contributed by atoms with Crippen LogP contribution in [0.5, 0.6) is 11.5 Å². The number of anilines is 2. The van der Waals surface area contributed by atoms with Gasteiger partial charge in [0.1, 0.15) is 31.7 Å². The van der Waals surface area contributed by atoms with Gasteiger partial charge in [-0.1, -0.05) is 36.4 Å². The first-order valence-corrected chi connectivity index (χ1v) is 15.4. The van der Waals surface area contributed by atoms with Gasteiger partial charge in [0.05, 0.1) is 24.0 Å². The second kappa shape index (κ2) is 16.7. The van der Waals surface area contributed by atoms with E-state index in [1.54, 1.807) is 24.3 Å². The molecule has 2 amide bonds. The van der Waals surface area contributed by atoms with Crippen LogP contribution in [0.1, 0.15) is 31.8 Å². The van der Waals surface area contributed by atoms with Crippen LogP contribution in [-0.2, 0) is 20.2 Å². The number of hydrogen-bond acceptors (Lipinski definition) is 10. The normalized spacial score (nSPS) is 11.1. The van der Waals surface area contributed by atoms with E-state index in [1.165, 1.54) is 62.8 Å². The molecule has 0 atom stereocenters. The molecule has 0 spiro atoms. The Bertz CT molecular complexity index is 1860. The number of hydrogen-bond donors (Lipinski definition) is 2. The molecule has 0 bridgehead atoms. The van der Waals surface area contributed by atoms with E-state index in [1.807, 2.05) is 0 Å². The molecule has 0 aliphatic heterocycles. The fraction of sp³-hybridized carbons (Fsp3) is 0.0667. The van der Waals surface area contributed by atoms with E-state index in [-0.39, 0.29) is 92.7 Å². The quantitative estimate of drug-likeness (QED) is 0.110. The van der Waals surface area contributed by atoms with Crippen molar-refractivity contribution < 1.29 is 104 Å². The third-order valence-corrected chi connectivity index (χ3v) is 7.97. The maximum Gasteiger partial charge on any atom is 1.00 e. The van der Waals surface area contributed by atoms with Crippen LogP contribution >= 0.6 is 0 Å². The molecule has 4 aromatic rings. The Morgan fingerprint density at radius 2 is 0.978 bits per heavy atom. The van der Waals surface area contributed by atoms with Crippen molar-refractivity contribution in [2.45, 2.75) is 9.79 Å². The fourth-order valence-electron chi connectivity index (χ4n) is 4.05. The molecule has 0 heterocycles. The average Bonchev–Trinajstić information content (AvgIpc) is 2.99. The van der Waals surface area contributed by atoms with Crippen LogP contribution in [0.3, 0.4) is 0 Å². The maximum atomic E-state index is 12.6. The van der Waals surface area contributed by atoms with E-state index < -0.39 is 41.8 Å². The predicted octanol–water partition coefficient (Wildman–Crippen LogP) is -1.80. The van der Waals surface area contributed by atoms with Crippen LogP contribution in [0.25, 0.3) is 12.2 Å². The third-order valence-electron chi connectivity index (χ3n) is 6.19. The van der Waals surface area contributed by atoms with Crippen molar-refractivity contribution in [3.8, 4) is 11.5 Å². The van der Waals surface area contributed by atoms with Crippen LogP contribution in [0, 0.1) is 0 Å². The fourth-order valence-corrected chi connectivity index (χ4v) is 5.44. The summed E-state index contributed by atoms with van der Waals surface area (Å²) in [4.78, 5) is 23.9. The SMILES string of the molecule is COc1cccc(C(=O)Nc2ccc(/C=C/c3ccc(NC(=O)c4cccc(OC)c4)cc3S(=O)(=O)[O-])c(S(=O)(=O)[O-])c2)c1.[Na+].[Na+]. The molecule has 0 saturated carbocycles. The Morgan fingerprint density at radius 3 is 1.30 bits per heavy atom. The molecule has 12 nitrogen and oxygen atoms in total. The summed E-state index contributed by atoms with van der Waals surface area (Å²) in [7, 11) is -7.28. The number of ether oxygens (including phenoxy) is 2. The van der Waals surface area contributed by atoms with E-state index in [2.05, 4.69) is 10.6 Å².